The fourth-order valence-electron chi connectivity index (χ4n) is 2.96. The molecule has 0 aliphatic carbocycles. The van der Waals surface area contributed by atoms with Crippen LogP contribution in [-0.4, -0.2) is 34.7 Å². The molecule has 1 aliphatic rings. The van der Waals surface area contributed by atoms with Crippen LogP contribution in [0.4, 0.5) is 0 Å². The summed E-state index contributed by atoms with van der Waals surface area (Å²) in [6.07, 6.45) is 4.00. The number of pyridine rings is 1. The maximum absolute atomic E-state index is 9.00. The normalized spacial score (nSPS) is 20.2. The Balaban J connectivity index is 1.68. The molecule has 0 bridgehead atoms. The van der Waals surface area contributed by atoms with Crippen molar-refractivity contribution >= 4 is 10.9 Å². The van der Waals surface area contributed by atoms with Gasteiger partial charge >= 0.3 is 0 Å². The lowest BCUT2D eigenvalue weighted by atomic mass is 10.1. The Hall–Kier alpha value is -1.45. The highest BCUT2D eigenvalue weighted by Gasteiger charge is 2.21. The van der Waals surface area contributed by atoms with Crippen LogP contribution < -0.4 is 0 Å². The fourth-order valence-corrected chi connectivity index (χ4v) is 2.96. The molecular weight excluding hydrogens is 236 g/mol. The van der Waals surface area contributed by atoms with Gasteiger partial charge in [-0.05, 0) is 49.1 Å². The lowest BCUT2D eigenvalue weighted by molar-refractivity contribution is 0.249. The molecule has 1 N–H and O–H groups in total. The highest BCUT2D eigenvalue weighted by Crippen LogP contribution is 2.22. The third kappa shape index (κ3) is 2.94. The Bertz CT molecular complexity index is 555. The largest absolute Gasteiger partial charge is 0.396 e. The Kier molecular flexibility index (Phi) is 3.76. The number of likely N-dealkylation sites (tertiary alicyclic amines) is 1. The predicted molar refractivity (Wildman–Crippen MR) is 76.8 cm³/mol. The summed E-state index contributed by atoms with van der Waals surface area (Å²) in [6, 6.07) is 10.6. The SMILES string of the molecule is OCCC1CCN(Cc2ccc3ncccc3c2)C1. The van der Waals surface area contributed by atoms with Gasteiger partial charge in [0.05, 0.1) is 5.52 Å². The molecule has 3 nitrogen and oxygen atoms in total. The molecule has 1 aliphatic heterocycles. The van der Waals surface area contributed by atoms with Gasteiger partial charge in [0, 0.05) is 31.3 Å². The van der Waals surface area contributed by atoms with Gasteiger partial charge in [-0.1, -0.05) is 12.1 Å². The van der Waals surface area contributed by atoms with Crippen molar-refractivity contribution in [1.82, 2.24) is 9.88 Å². The minimum Gasteiger partial charge on any atom is -0.396 e. The highest BCUT2D eigenvalue weighted by molar-refractivity contribution is 5.78. The molecule has 1 atom stereocenters. The molecule has 0 saturated carbocycles. The highest BCUT2D eigenvalue weighted by atomic mass is 16.3. The van der Waals surface area contributed by atoms with E-state index in [4.69, 9.17) is 5.11 Å². The quantitative estimate of drug-likeness (QED) is 0.912. The molecule has 0 amide bonds. The second kappa shape index (κ2) is 5.68. The maximum atomic E-state index is 9.00. The molecule has 19 heavy (non-hydrogen) atoms. The number of aliphatic hydroxyl groups is 1. The molecule has 0 spiro atoms. The standard InChI is InChI=1S/C16H20N2O/c19-9-6-13-5-8-18(11-13)12-14-3-4-16-15(10-14)2-1-7-17-16/h1-4,7,10,13,19H,5-6,8-9,11-12H2. The van der Waals surface area contributed by atoms with E-state index >= 15 is 0 Å². The van der Waals surface area contributed by atoms with E-state index in [9.17, 15) is 0 Å². The molecule has 3 rings (SSSR count). The van der Waals surface area contributed by atoms with Crippen LogP contribution in [0.25, 0.3) is 10.9 Å². The molecule has 1 aromatic heterocycles. The zero-order chi connectivity index (χ0) is 13.1. The van der Waals surface area contributed by atoms with E-state index in [1.54, 1.807) is 0 Å². The van der Waals surface area contributed by atoms with Gasteiger partial charge in [-0.25, -0.2) is 0 Å². The van der Waals surface area contributed by atoms with Crippen molar-refractivity contribution in [3.63, 3.8) is 0 Å². The van der Waals surface area contributed by atoms with Crippen LogP contribution in [0.1, 0.15) is 18.4 Å². The molecule has 1 saturated heterocycles. The third-order valence-electron chi connectivity index (χ3n) is 3.98. The van der Waals surface area contributed by atoms with Crippen molar-refractivity contribution < 1.29 is 5.11 Å². The molecule has 1 aromatic carbocycles. The molecule has 3 heteroatoms. The number of aromatic nitrogens is 1. The van der Waals surface area contributed by atoms with Crippen molar-refractivity contribution in [2.45, 2.75) is 19.4 Å². The second-order valence-electron chi connectivity index (χ2n) is 5.43. The Morgan fingerprint density at radius 2 is 2.26 bits per heavy atom. The molecule has 0 radical (unpaired) electrons. The topological polar surface area (TPSA) is 36.4 Å². The van der Waals surface area contributed by atoms with Crippen LogP contribution in [0, 0.1) is 5.92 Å². The van der Waals surface area contributed by atoms with E-state index in [-0.39, 0.29) is 0 Å². The zero-order valence-corrected chi connectivity index (χ0v) is 11.1. The van der Waals surface area contributed by atoms with E-state index in [2.05, 4.69) is 34.1 Å². The van der Waals surface area contributed by atoms with Crippen molar-refractivity contribution in [3.8, 4) is 0 Å². The smallest absolute Gasteiger partial charge is 0.0702 e. The Labute approximate surface area is 113 Å². The first kappa shape index (κ1) is 12.6. The fraction of sp³-hybridized carbons (Fsp3) is 0.438. The van der Waals surface area contributed by atoms with Gasteiger partial charge in [-0.2, -0.15) is 0 Å². The molecule has 100 valence electrons. The summed E-state index contributed by atoms with van der Waals surface area (Å²) in [6.45, 7) is 3.59. The van der Waals surface area contributed by atoms with E-state index in [0.717, 1.165) is 31.6 Å². The second-order valence-corrected chi connectivity index (χ2v) is 5.43. The van der Waals surface area contributed by atoms with Crippen molar-refractivity contribution in [2.24, 2.45) is 5.92 Å². The van der Waals surface area contributed by atoms with E-state index < -0.39 is 0 Å². The van der Waals surface area contributed by atoms with Gasteiger partial charge in [-0.3, -0.25) is 9.88 Å². The predicted octanol–water partition coefficient (Wildman–Crippen LogP) is 2.44. The molecule has 1 fully saturated rings. The van der Waals surface area contributed by atoms with Crippen LogP contribution in [0.5, 0.6) is 0 Å². The first-order valence-corrected chi connectivity index (χ1v) is 7.02. The average molecular weight is 256 g/mol. The van der Waals surface area contributed by atoms with E-state index in [1.807, 2.05) is 12.3 Å². The number of benzene rings is 1. The first-order valence-electron chi connectivity index (χ1n) is 7.02. The van der Waals surface area contributed by atoms with Crippen molar-refractivity contribution in [2.75, 3.05) is 19.7 Å². The number of hydrogen-bond acceptors (Lipinski definition) is 3. The number of aliphatic hydroxyl groups excluding tert-OH is 1. The summed E-state index contributed by atoms with van der Waals surface area (Å²) >= 11 is 0. The van der Waals surface area contributed by atoms with Gasteiger partial charge in [0.15, 0.2) is 0 Å². The zero-order valence-electron chi connectivity index (χ0n) is 11.1. The summed E-state index contributed by atoms with van der Waals surface area (Å²) in [5.41, 5.74) is 2.41. The third-order valence-corrected chi connectivity index (χ3v) is 3.98. The summed E-state index contributed by atoms with van der Waals surface area (Å²) in [5.74, 6) is 0.673. The monoisotopic (exact) mass is 256 g/mol. The van der Waals surface area contributed by atoms with Crippen molar-refractivity contribution in [3.05, 3.63) is 42.1 Å². The minimum atomic E-state index is 0.320. The van der Waals surface area contributed by atoms with E-state index in [0.29, 0.717) is 12.5 Å². The number of hydrogen-bond donors (Lipinski definition) is 1. The van der Waals surface area contributed by atoms with Gasteiger partial charge < -0.3 is 5.11 Å². The van der Waals surface area contributed by atoms with Crippen LogP contribution >= 0.6 is 0 Å². The lowest BCUT2D eigenvalue weighted by Gasteiger charge is -2.16. The maximum Gasteiger partial charge on any atom is 0.0702 e. The minimum absolute atomic E-state index is 0.320. The summed E-state index contributed by atoms with van der Waals surface area (Å²) in [4.78, 5) is 6.83. The van der Waals surface area contributed by atoms with Gasteiger partial charge in [0.1, 0.15) is 0 Å². The molecule has 1 unspecified atom stereocenters. The lowest BCUT2D eigenvalue weighted by Crippen LogP contribution is -2.20. The van der Waals surface area contributed by atoms with Crippen molar-refractivity contribution in [1.29, 1.82) is 0 Å². The Morgan fingerprint density at radius 3 is 3.16 bits per heavy atom. The van der Waals surface area contributed by atoms with E-state index in [1.165, 1.54) is 17.4 Å². The Morgan fingerprint density at radius 1 is 1.32 bits per heavy atom. The number of rotatable bonds is 4. The molecular formula is C16H20N2O. The van der Waals surface area contributed by atoms with Crippen LogP contribution in [0.2, 0.25) is 0 Å². The first-order chi connectivity index (χ1) is 9.35. The molecule has 2 heterocycles. The number of nitrogens with zero attached hydrogens (tertiary/aromatic N) is 2. The average Bonchev–Trinajstić information content (AvgIpc) is 2.86. The van der Waals surface area contributed by atoms with Gasteiger partial charge in [0.2, 0.25) is 0 Å². The summed E-state index contributed by atoms with van der Waals surface area (Å²) in [7, 11) is 0. The van der Waals surface area contributed by atoms with Gasteiger partial charge in [0.25, 0.3) is 0 Å². The van der Waals surface area contributed by atoms with Crippen LogP contribution in [-0.2, 0) is 6.54 Å². The van der Waals surface area contributed by atoms with Gasteiger partial charge in [-0.15, -0.1) is 0 Å². The molecule has 2 aromatic rings. The number of fused-ring (bicyclic) bond motifs is 1. The van der Waals surface area contributed by atoms with Crippen LogP contribution in [0.15, 0.2) is 36.5 Å². The van der Waals surface area contributed by atoms with Crippen LogP contribution in [0.3, 0.4) is 0 Å². The summed E-state index contributed by atoms with van der Waals surface area (Å²) < 4.78 is 0. The summed E-state index contributed by atoms with van der Waals surface area (Å²) in [5, 5.41) is 10.2.